The van der Waals surface area contributed by atoms with Gasteiger partial charge in [0, 0.05) is 18.1 Å². The summed E-state index contributed by atoms with van der Waals surface area (Å²) in [7, 11) is 1.46. The highest BCUT2D eigenvalue weighted by molar-refractivity contribution is 6.03. The Balaban J connectivity index is 1.64. The van der Waals surface area contributed by atoms with Gasteiger partial charge >= 0.3 is 5.69 Å². The zero-order chi connectivity index (χ0) is 21.8. The Morgan fingerprint density at radius 1 is 1.10 bits per heavy atom. The van der Waals surface area contributed by atoms with Crippen molar-refractivity contribution >= 4 is 11.4 Å². The van der Waals surface area contributed by atoms with Gasteiger partial charge in [0.05, 0.1) is 17.7 Å². The summed E-state index contributed by atoms with van der Waals surface area (Å²) in [6, 6.07) is 22.4. The maximum atomic E-state index is 11.8. The van der Waals surface area contributed by atoms with E-state index in [0.717, 1.165) is 11.1 Å². The van der Waals surface area contributed by atoms with E-state index >= 15 is 0 Å². The fourth-order valence-electron chi connectivity index (χ4n) is 3.56. The first-order valence-corrected chi connectivity index (χ1v) is 9.84. The summed E-state index contributed by atoms with van der Waals surface area (Å²) in [4.78, 5) is 17.1. The number of rotatable bonds is 7. The molecule has 1 heterocycles. The van der Waals surface area contributed by atoms with Gasteiger partial charge in [0.1, 0.15) is 6.61 Å². The first kappa shape index (κ1) is 20.4. The Morgan fingerprint density at radius 2 is 1.77 bits per heavy atom. The van der Waals surface area contributed by atoms with Crippen molar-refractivity contribution in [3.05, 3.63) is 99.6 Å². The number of benzene rings is 3. The number of nitrogens with zero attached hydrogens (tertiary/aromatic N) is 2. The number of hydrogen-bond acceptors (Lipinski definition) is 6. The third-order valence-corrected chi connectivity index (χ3v) is 5.26. The third kappa shape index (κ3) is 4.21. The van der Waals surface area contributed by atoms with E-state index in [1.54, 1.807) is 6.07 Å². The SMILES string of the molecule is COc1cc(C2=NOC(C)(c3ccccc3)C2)cc([N+](=O)[O-])c1OCc1ccccc1. The van der Waals surface area contributed by atoms with Crippen LogP contribution in [0.5, 0.6) is 11.5 Å². The van der Waals surface area contributed by atoms with Crippen molar-refractivity contribution in [1.82, 2.24) is 0 Å². The molecule has 3 aromatic carbocycles. The van der Waals surface area contributed by atoms with Gasteiger partial charge in [-0.15, -0.1) is 0 Å². The molecule has 1 atom stereocenters. The van der Waals surface area contributed by atoms with Crippen LogP contribution in [0.3, 0.4) is 0 Å². The van der Waals surface area contributed by atoms with E-state index in [1.165, 1.54) is 13.2 Å². The van der Waals surface area contributed by atoms with Gasteiger partial charge in [-0.1, -0.05) is 65.8 Å². The number of nitro benzene ring substituents is 1. The van der Waals surface area contributed by atoms with Gasteiger partial charge in [-0.25, -0.2) is 0 Å². The number of oxime groups is 1. The lowest BCUT2D eigenvalue weighted by atomic mass is 9.89. The van der Waals surface area contributed by atoms with Gasteiger partial charge < -0.3 is 14.3 Å². The van der Waals surface area contributed by atoms with Gasteiger partial charge in [0.2, 0.25) is 5.75 Å². The molecule has 3 aromatic rings. The first-order valence-electron chi connectivity index (χ1n) is 9.84. The summed E-state index contributed by atoms with van der Waals surface area (Å²) in [6.45, 7) is 2.13. The molecule has 0 spiro atoms. The predicted octanol–water partition coefficient (Wildman–Crippen LogP) is 5.22. The van der Waals surface area contributed by atoms with Crippen LogP contribution in [0, 0.1) is 10.1 Å². The molecular formula is C24H22N2O5. The molecule has 0 aliphatic carbocycles. The Hall–Kier alpha value is -3.87. The van der Waals surface area contributed by atoms with E-state index in [4.69, 9.17) is 14.3 Å². The highest BCUT2D eigenvalue weighted by Gasteiger charge is 2.37. The minimum Gasteiger partial charge on any atom is -0.493 e. The van der Waals surface area contributed by atoms with Crippen LogP contribution in [0.25, 0.3) is 0 Å². The van der Waals surface area contributed by atoms with Gasteiger partial charge in [-0.3, -0.25) is 10.1 Å². The molecule has 0 bridgehead atoms. The smallest absolute Gasteiger partial charge is 0.315 e. The minimum absolute atomic E-state index is 0.0884. The molecule has 31 heavy (non-hydrogen) atoms. The minimum atomic E-state index is -0.638. The summed E-state index contributed by atoms with van der Waals surface area (Å²) in [5.74, 6) is 0.363. The topological polar surface area (TPSA) is 83.2 Å². The highest BCUT2D eigenvalue weighted by Crippen LogP contribution is 2.42. The maximum Gasteiger partial charge on any atom is 0.315 e. The lowest BCUT2D eigenvalue weighted by Crippen LogP contribution is -2.21. The summed E-state index contributed by atoms with van der Waals surface area (Å²) in [6.07, 6.45) is 0.474. The molecule has 0 radical (unpaired) electrons. The van der Waals surface area contributed by atoms with E-state index in [9.17, 15) is 10.1 Å². The van der Waals surface area contributed by atoms with E-state index in [2.05, 4.69) is 5.16 Å². The van der Waals surface area contributed by atoms with Gasteiger partial charge in [0.15, 0.2) is 11.4 Å². The Kier molecular flexibility index (Phi) is 5.58. The molecule has 1 unspecified atom stereocenters. The van der Waals surface area contributed by atoms with Crippen LogP contribution in [0.4, 0.5) is 5.69 Å². The fourth-order valence-corrected chi connectivity index (χ4v) is 3.56. The molecule has 0 fully saturated rings. The van der Waals surface area contributed by atoms with E-state index in [1.807, 2.05) is 67.6 Å². The van der Waals surface area contributed by atoms with E-state index < -0.39 is 10.5 Å². The van der Waals surface area contributed by atoms with Crippen LogP contribution >= 0.6 is 0 Å². The summed E-state index contributed by atoms with van der Waals surface area (Å²) in [5.41, 5.74) is 2.24. The molecule has 0 N–H and O–H groups in total. The zero-order valence-corrected chi connectivity index (χ0v) is 17.3. The number of ether oxygens (including phenoxy) is 2. The maximum absolute atomic E-state index is 11.8. The van der Waals surface area contributed by atoms with Gasteiger partial charge in [0.25, 0.3) is 0 Å². The van der Waals surface area contributed by atoms with Crippen LogP contribution in [-0.4, -0.2) is 17.7 Å². The van der Waals surface area contributed by atoms with Crippen LogP contribution in [0.15, 0.2) is 78.0 Å². The molecule has 7 nitrogen and oxygen atoms in total. The van der Waals surface area contributed by atoms with Crippen LogP contribution < -0.4 is 9.47 Å². The molecule has 7 heteroatoms. The fraction of sp³-hybridized carbons (Fsp3) is 0.208. The van der Waals surface area contributed by atoms with Crippen molar-refractivity contribution in [3.63, 3.8) is 0 Å². The largest absolute Gasteiger partial charge is 0.493 e. The third-order valence-electron chi connectivity index (χ3n) is 5.26. The molecule has 1 aliphatic rings. The average Bonchev–Trinajstić information content (AvgIpc) is 3.21. The molecule has 0 amide bonds. The van der Waals surface area contributed by atoms with Crippen molar-refractivity contribution in [2.24, 2.45) is 5.16 Å². The van der Waals surface area contributed by atoms with Crippen molar-refractivity contribution in [3.8, 4) is 11.5 Å². The lowest BCUT2D eigenvalue weighted by molar-refractivity contribution is -0.386. The second-order valence-electron chi connectivity index (χ2n) is 7.46. The van der Waals surface area contributed by atoms with Gasteiger partial charge in [-0.05, 0) is 24.1 Å². The molecule has 0 saturated heterocycles. The predicted molar refractivity (Wildman–Crippen MR) is 116 cm³/mol. The first-order chi connectivity index (χ1) is 15.0. The molecule has 158 valence electrons. The average molecular weight is 418 g/mol. The Labute approximate surface area is 180 Å². The van der Waals surface area contributed by atoms with Gasteiger partial charge in [-0.2, -0.15) is 0 Å². The van der Waals surface area contributed by atoms with Crippen molar-refractivity contribution < 1.29 is 19.2 Å². The number of hydrogen-bond donors (Lipinski definition) is 0. The normalized spacial score (nSPS) is 17.5. The quantitative estimate of drug-likeness (QED) is 0.388. The molecule has 0 saturated carbocycles. The molecular weight excluding hydrogens is 396 g/mol. The second-order valence-corrected chi connectivity index (χ2v) is 7.46. The monoisotopic (exact) mass is 418 g/mol. The zero-order valence-electron chi connectivity index (χ0n) is 17.3. The van der Waals surface area contributed by atoms with E-state index in [0.29, 0.717) is 17.7 Å². The Morgan fingerprint density at radius 3 is 2.42 bits per heavy atom. The van der Waals surface area contributed by atoms with Crippen LogP contribution in [0.1, 0.15) is 30.0 Å². The second kappa shape index (κ2) is 8.47. The summed E-state index contributed by atoms with van der Waals surface area (Å²) >= 11 is 0. The van der Waals surface area contributed by atoms with Crippen LogP contribution in [0.2, 0.25) is 0 Å². The number of methoxy groups -OCH3 is 1. The van der Waals surface area contributed by atoms with E-state index in [-0.39, 0.29) is 23.8 Å². The molecule has 4 rings (SSSR count). The van der Waals surface area contributed by atoms with Crippen molar-refractivity contribution in [2.75, 3.05) is 7.11 Å². The number of nitro groups is 1. The standard InChI is InChI=1S/C24H22N2O5/c1-24(19-11-7-4-8-12-19)15-20(25-31-24)18-13-21(26(27)28)23(22(14-18)29-2)30-16-17-9-5-3-6-10-17/h3-14H,15-16H2,1-2H3. The summed E-state index contributed by atoms with van der Waals surface area (Å²) < 4.78 is 11.2. The lowest BCUT2D eigenvalue weighted by Gasteiger charge is -2.21. The highest BCUT2D eigenvalue weighted by atomic mass is 16.7. The summed E-state index contributed by atoms with van der Waals surface area (Å²) in [5, 5.41) is 16.0. The molecule has 1 aliphatic heterocycles. The van der Waals surface area contributed by atoms with Crippen molar-refractivity contribution in [1.29, 1.82) is 0 Å². The molecule has 0 aromatic heterocycles. The van der Waals surface area contributed by atoms with Crippen LogP contribution in [-0.2, 0) is 17.0 Å². The Bertz CT molecular complexity index is 1120. The van der Waals surface area contributed by atoms with Crippen molar-refractivity contribution in [2.45, 2.75) is 25.6 Å².